The Balaban J connectivity index is 1.28. The molecule has 8 heteroatoms. The highest BCUT2D eigenvalue weighted by Crippen LogP contribution is 2.32. The van der Waals surface area contributed by atoms with Gasteiger partial charge in [-0.05, 0) is 41.2 Å². The molecule has 3 aliphatic heterocycles. The Bertz CT molecular complexity index is 1110. The van der Waals surface area contributed by atoms with Gasteiger partial charge in [-0.15, -0.1) is 0 Å². The lowest BCUT2D eigenvalue weighted by Gasteiger charge is -2.29. The quantitative estimate of drug-likeness (QED) is 0.749. The minimum atomic E-state index is -0.630. The molecule has 1 N–H and O–H groups in total. The van der Waals surface area contributed by atoms with Gasteiger partial charge in [0.2, 0.25) is 11.8 Å². The third-order valence-corrected chi connectivity index (χ3v) is 6.32. The van der Waals surface area contributed by atoms with Crippen LogP contribution in [-0.4, -0.2) is 46.2 Å². The summed E-state index contributed by atoms with van der Waals surface area (Å²) in [4.78, 5) is 52.5. The number of benzene rings is 2. The van der Waals surface area contributed by atoms with Crippen LogP contribution in [0.15, 0.2) is 42.5 Å². The molecule has 0 spiro atoms. The van der Waals surface area contributed by atoms with Gasteiger partial charge in [0.1, 0.15) is 12.6 Å². The highest BCUT2D eigenvalue weighted by molar-refractivity contribution is 6.05. The minimum Gasteiger partial charge on any atom is -0.445 e. The van der Waals surface area contributed by atoms with Crippen LogP contribution in [-0.2, 0) is 40.4 Å². The molecule has 3 heterocycles. The number of hydrogen-bond acceptors (Lipinski definition) is 5. The number of nitrogens with zero attached hydrogens (tertiary/aromatic N) is 2. The third kappa shape index (κ3) is 3.72. The van der Waals surface area contributed by atoms with Crippen LogP contribution in [0.4, 0.5) is 4.79 Å². The lowest BCUT2D eigenvalue weighted by Crippen LogP contribution is -2.52. The molecule has 2 aromatic rings. The molecule has 32 heavy (non-hydrogen) atoms. The summed E-state index contributed by atoms with van der Waals surface area (Å²) < 4.78 is 5.45. The largest absolute Gasteiger partial charge is 0.445 e. The molecule has 1 saturated heterocycles. The summed E-state index contributed by atoms with van der Waals surface area (Å²) in [5.74, 6) is -0.925. The SMILES string of the molecule is O=C1CCC(N2Cc3cc4c(cc3C2=O)CN(C(=O)OCc2ccccc2)CC4)C(=O)N1. The van der Waals surface area contributed by atoms with Crippen LogP contribution in [0.1, 0.15) is 45.5 Å². The molecule has 1 unspecified atom stereocenters. The van der Waals surface area contributed by atoms with E-state index in [0.717, 1.165) is 22.3 Å². The number of ether oxygens (including phenoxy) is 1. The number of imide groups is 1. The van der Waals surface area contributed by atoms with Crippen LogP contribution in [0, 0.1) is 0 Å². The monoisotopic (exact) mass is 433 g/mol. The summed E-state index contributed by atoms with van der Waals surface area (Å²) in [5, 5.41) is 2.32. The zero-order valence-corrected chi connectivity index (χ0v) is 17.5. The first-order chi connectivity index (χ1) is 15.5. The van der Waals surface area contributed by atoms with E-state index in [-0.39, 0.29) is 30.9 Å². The smallest absolute Gasteiger partial charge is 0.410 e. The molecule has 2 aromatic carbocycles. The van der Waals surface area contributed by atoms with Gasteiger partial charge in [-0.2, -0.15) is 0 Å². The maximum Gasteiger partial charge on any atom is 0.410 e. The van der Waals surface area contributed by atoms with Gasteiger partial charge in [0.05, 0.1) is 0 Å². The third-order valence-electron chi connectivity index (χ3n) is 6.32. The molecule has 8 nitrogen and oxygen atoms in total. The maximum atomic E-state index is 13.0. The predicted molar refractivity (Wildman–Crippen MR) is 113 cm³/mol. The standard InChI is InChI=1S/C24H23N3O5/c28-21-7-6-20(22(29)25-21)27-13-18-10-16-8-9-26(12-17(16)11-19(18)23(27)30)24(31)32-14-15-4-2-1-3-5-15/h1-5,10-11,20H,6-9,12-14H2,(H,25,28,29). The molecule has 0 aliphatic carbocycles. The summed E-state index contributed by atoms with van der Waals surface area (Å²) in [6.45, 7) is 1.50. The first-order valence-corrected chi connectivity index (χ1v) is 10.7. The maximum absolute atomic E-state index is 13.0. The Morgan fingerprint density at radius 3 is 2.59 bits per heavy atom. The van der Waals surface area contributed by atoms with E-state index in [0.29, 0.717) is 38.0 Å². The van der Waals surface area contributed by atoms with Crippen LogP contribution in [0.3, 0.4) is 0 Å². The molecule has 4 amide bonds. The van der Waals surface area contributed by atoms with Gasteiger partial charge in [-0.1, -0.05) is 36.4 Å². The van der Waals surface area contributed by atoms with Crippen LogP contribution in [0.5, 0.6) is 0 Å². The van der Waals surface area contributed by atoms with Crippen molar-refractivity contribution in [1.29, 1.82) is 0 Å². The molecule has 0 aromatic heterocycles. The van der Waals surface area contributed by atoms with Gasteiger partial charge in [0.15, 0.2) is 0 Å². The fraction of sp³-hybridized carbons (Fsp3) is 0.333. The van der Waals surface area contributed by atoms with Crippen molar-refractivity contribution in [3.63, 3.8) is 0 Å². The lowest BCUT2D eigenvalue weighted by molar-refractivity contribution is -0.136. The highest BCUT2D eigenvalue weighted by Gasteiger charge is 2.39. The van der Waals surface area contributed by atoms with E-state index in [2.05, 4.69) is 5.32 Å². The molecular formula is C24H23N3O5. The average molecular weight is 433 g/mol. The Hall–Kier alpha value is -3.68. The Morgan fingerprint density at radius 2 is 1.81 bits per heavy atom. The van der Waals surface area contributed by atoms with E-state index in [1.165, 1.54) is 0 Å². The van der Waals surface area contributed by atoms with Crippen molar-refractivity contribution in [3.8, 4) is 0 Å². The summed E-state index contributed by atoms with van der Waals surface area (Å²) in [6, 6.07) is 12.7. The van der Waals surface area contributed by atoms with Crippen molar-refractivity contribution in [2.24, 2.45) is 0 Å². The Kier molecular flexibility index (Phi) is 5.13. The molecule has 0 bridgehead atoms. The molecule has 5 rings (SSSR count). The van der Waals surface area contributed by atoms with Crippen molar-refractivity contribution in [2.45, 2.75) is 45.0 Å². The van der Waals surface area contributed by atoms with Crippen LogP contribution in [0.2, 0.25) is 0 Å². The van der Waals surface area contributed by atoms with E-state index >= 15 is 0 Å². The van der Waals surface area contributed by atoms with E-state index < -0.39 is 11.9 Å². The van der Waals surface area contributed by atoms with Gasteiger partial charge in [-0.25, -0.2) is 4.79 Å². The van der Waals surface area contributed by atoms with Crippen LogP contribution in [0.25, 0.3) is 0 Å². The topological polar surface area (TPSA) is 96.0 Å². The van der Waals surface area contributed by atoms with E-state index in [1.54, 1.807) is 9.80 Å². The van der Waals surface area contributed by atoms with Crippen molar-refractivity contribution in [1.82, 2.24) is 15.1 Å². The number of rotatable bonds is 3. The fourth-order valence-corrected chi connectivity index (χ4v) is 4.60. The first-order valence-electron chi connectivity index (χ1n) is 10.7. The highest BCUT2D eigenvalue weighted by atomic mass is 16.6. The van der Waals surface area contributed by atoms with Crippen molar-refractivity contribution in [3.05, 3.63) is 70.3 Å². The van der Waals surface area contributed by atoms with Crippen LogP contribution >= 0.6 is 0 Å². The van der Waals surface area contributed by atoms with E-state index in [4.69, 9.17) is 4.74 Å². The molecular weight excluding hydrogens is 410 g/mol. The normalized spacial score (nSPS) is 20.0. The molecule has 164 valence electrons. The number of fused-ring (bicyclic) bond motifs is 2. The van der Waals surface area contributed by atoms with Gasteiger partial charge in [-0.3, -0.25) is 19.7 Å². The van der Waals surface area contributed by atoms with Crippen molar-refractivity contribution >= 4 is 23.8 Å². The molecule has 1 atom stereocenters. The number of hydrogen-bond donors (Lipinski definition) is 1. The zero-order valence-electron chi connectivity index (χ0n) is 17.5. The number of carbonyl (C=O) groups is 4. The fourth-order valence-electron chi connectivity index (χ4n) is 4.60. The Labute approximate surface area is 185 Å². The Morgan fingerprint density at radius 1 is 1.00 bits per heavy atom. The van der Waals surface area contributed by atoms with Gasteiger partial charge in [0, 0.05) is 31.6 Å². The first kappa shape index (κ1) is 20.2. The average Bonchev–Trinajstić information content (AvgIpc) is 3.11. The summed E-state index contributed by atoms with van der Waals surface area (Å²) in [6.07, 6.45) is 0.866. The van der Waals surface area contributed by atoms with Crippen molar-refractivity contribution in [2.75, 3.05) is 6.54 Å². The second-order valence-corrected chi connectivity index (χ2v) is 8.39. The lowest BCUT2D eigenvalue weighted by atomic mass is 9.95. The predicted octanol–water partition coefficient (Wildman–Crippen LogP) is 2.14. The molecule has 3 aliphatic rings. The number of carbonyl (C=O) groups excluding carboxylic acids is 4. The van der Waals surface area contributed by atoms with Gasteiger partial charge < -0.3 is 14.5 Å². The number of amides is 4. The van der Waals surface area contributed by atoms with Crippen LogP contribution < -0.4 is 5.32 Å². The van der Waals surface area contributed by atoms with E-state index in [1.807, 2.05) is 42.5 Å². The zero-order chi connectivity index (χ0) is 22.2. The minimum absolute atomic E-state index is 0.207. The van der Waals surface area contributed by atoms with Gasteiger partial charge >= 0.3 is 6.09 Å². The molecule has 1 fully saturated rings. The molecule has 0 saturated carbocycles. The second-order valence-electron chi connectivity index (χ2n) is 8.39. The summed E-state index contributed by atoms with van der Waals surface area (Å²) in [7, 11) is 0. The summed E-state index contributed by atoms with van der Waals surface area (Å²) >= 11 is 0. The number of piperidine rings is 1. The second kappa shape index (κ2) is 8.11. The van der Waals surface area contributed by atoms with E-state index in [9.17, 15) is 19.2 Å². The molecule has 0 radical (unpaired) electrons. The number of nitrogens with one attached hydrogen (secondary N) is 1. The summed E-state index contributed by atoms with van der Waals surface area (Å²) in [5.41, 5.74) is 4.40. The van der Waals surface area contributed by atoms with Gasteiger partial charge in [0.25, 0.3) is 5.91 Å². The van der Waals surface area contributed by atoms with Crippen molar-refractivity contribution < 1.29 is 23.9 Å².